The number of aromatic amines is 1. The molecule has 4 heteroatoms. The van der Waals surface area contributed by atoms with Crippen LogP contribution in [-0.2, 0) is 5.41 Å². The number of rotatable bonds is 2. The molecule has 0 radical (unpaired) electrons. The van der Waals surface area contributed by atoms with E-state index in [2.05, 4.69) is 30.7 Å². The van der Waals surface area contributed by atoms with E-state index < -0.39 is 0 Å². The van der Waals surface area contributed by atoms with Crippen LogP contribution in [0.5, 0.6) is 5.75 Å². The van der Waals surface area contributed by atoms with Crippen molar-refractivity contribution in [2.75, 3.05) is 12.8 Å². The Balaban J connectivity index is 2.46. The number of nitrogen functional groups attached to an aromatic ring is 1. The molecule has 1 heterocycles. The molecule has 0 bridgehead atoms. The summed E-state index contributed by atoms with van der Waals surface area (Å²) in [5.74, 6) is 1.53. The van der Waals surface area contributed by atoms with E-state index in [-0.39, 0.29) is 5.41 Å². The fraction of sp³-hybridized carbons (Fsp3) is 0.357. The summed E-state index contributed by atoms with van der Waals surface area (Å²) in [6.07, 6.45) is 1.87. The molecule has 0 atom stereocenters. The standard InChI is InChI=1S/C14H19N3O/c1-14(2,3)12-8-16-13(17-12)10-6-5-9(15)7-11(10)18-4/h5-8H,15H2,1-4H3,(H,16,17). The Bertz CT molecular complexity index is 552. The van der Waals surface area contributed by atoms with Gasteiger partial charge in [-0.3, -0.25) is 0 Å². The van der Waals surface area contributed by atoms with Crippen molar-refractivity contribution in [2.24, 2.45) is 0 Å². The second kappa shape index (κ2) is 4.37. The quantitative estimate of drug-likeness (QED) is 0.799. The summed E-state index contributed by atoms with van der Waals surface area (Å²) in [4.78, 5) is 7.75. The minimum absolute atomic E-state index is 0.0479. The van der Waals surface area contributed by atoms with Gasteiger partial charge in [-0.15, -0.1) is 0 Å². The number of hydrogen-bond acceptors (Lipinski definition) is 3. The molecule has 0 amide bonds. The van der Waals surface area contributed by atoms with E-state index in [1.807, 2.05) is 18.3 Å². The molecule has 3 N–H and O–H groups in total. The molecular formula is C14H19N3O. The molecule has 1 aromatic heterocycles. The zero-order valence-corrected chi connectivity index (χ0v) is 11.2. The van der Waals surface area contributed by atoms with Gasteiger partial charge in [-0.2, -0.15) is 0 Å². The van der Waals surface area contributed by atoms with Gasteiger partial charge in [0.05, 0.1) is 12.7 Å². The smallest absolute Gasteiger partial charge is 0.141 e. The van der Waals surface area contributed by atoms with Gasteiger partial charge in [0.1, 0.15) is 11.6 Å². The van der Waals surface area contributed by atoms with E-state index in [0.29, 0.717) is 5.69 Å². The Morgan fingerprint density at radius 1 is 1.28 bits per heavy atom. The third-order valence-corrected chi connectivity index (χ3v) is 2.86. The molecule has 0 spiro atoms. The van der Waals surface area contributed by atoms with Gasteiger partial charge in [0, 0.05) is 29.1 Å². The van der Waals surface area contributed by atoms with Crippen molar-refractivity contribution in [1.29, 1.82) is 0 Å². The zero-order chi connectivity index (χ0) is 13.3. The van der Waals surface area contributed by atoms with Crippen LogP contribution in [0.2, 0.25) is 0 Å². The van der Waals surface area contributed by atoms with E-state index in [0.717, 1.165) is 22.8 Å². The monoisotopic (exact) mass is 245 g/mol. The second-order valence-corrected chi connectivity index (χ2v) is 5.36. The molecule has 4 nitrogen and oxygen atoms in total. The van der Waals surface area contributed by atoms with Crippen molar-refractivity contribution in [3.8, 4) is 17.1 Å². The number of H-pyrrole nitrogens is 1. The minimum atomic E-state index is 0.0479. The first-order valence-corrected chi connectivity index (χ1v) is 5.91. The lowest BCUT2D eigenvalue weighted by molar-refractivity contribution is 0.416. The molecule has 0 saturated heterocycles. The van der Waals surface area contributed by atoms with E-state index in [1.54, 1.807) is 13.2 Å². The number of benzene rings is 1. The van der Waals surface area contributed by atoms with Crippen LogP contribution in [0.3, 0.4) is 0 Å². The summed E-state index contributed by atoms with van der Waals surface area (Å²) in [5.41, 5.74) is 8.48. The van der Waals surface area contributed by atoms with Gasteiger partial charge in [-0.1, -0.05) is 20.8 Å². The van der Waals surface area contributed by atoms with Crippen molar-refractivity contribution in [2.45, 2.75) is 26.2 Å². The van der Waals surface area contributed by atoms with Crippen molar-refractivity contribution in [3.05, 3.63) is 30.1 Å². The predicted octanol–water partition coefficient (Wildman–Crippen LogP) is 2.97. The average Bonchev–Trinajstić information content (AvgIpc) is 2.77. The second-order valence-electron chi connectivity index (χ2n) is 5.36. The highest BCUT2D eigenvalue weighted by molar-refractivity contribution is 5.68. The number of nitrogens with one attached hydrogen (secondary N) is 1. The molecule has 18 heavy (non-hydrogen) atoms. The Hall–Kier alpha value is -1.97. The van der Waals surface area contributed by atoms with Crippen molar-refractivity contribution in [1.82, 2.24) is 9.97 Å². The number of nitrogens with zero attached hydrogens (tertiary/aromatic N) is 1. The number of nitrogens with two attached hydrogens (primary N) is 1. The van der Waals surface area contributed by atoms with E-state index in [1.165, 1.54) is 0 Å². The van der Waals surface area contributed by atoms with Gasteiger partial charge in [-0.05, 0) is 12.1 Å². The van der Waals surface area contributed by atoms with Crippen molar-refractivity contribution in [3.63, 3.8) is 0 Å². The number of aromatic nitrogens is 2. The molecule has 2 rings (SSSR count). The highest BCUT2D eigenvalue weighted by Crippen LogP contribution is 2.31. The SMILES string of the molecule is COc1cc(N)ccc1-c1ncc(C(C)(C)C)[nH]1. The maximum atomic E-state index is 5.74. The summed E-state index contributed by atoms with van der Waals surface area (Å²) in [6, 6.07) is 5.56. The first kappa shape index (κ1) is 12.5. The van der Waals surface area contributed by atoms with E-state index in [4.69, 9.17) is 10.5 Å². The molecule has 0 unspecified atom stereocenters. The van der Waals surface area contributed by atoms with Gasteiger partial charge >= 0.3 is 0 Å². The van der Waals surface area contributed by atoms with Gasteiger partial charge < -0.3 is 15.5 Å². The Morgan fingerprint density at radius 3 is 2.56 bits per heavy atom. The lowest BCUT2D eigenvalue weighted by Crippen LogP contribution is -2.11. The lowest BCUT2D eigenvalue weighted by atomic mass is 9.93. The van der Waals surface area contributed by atoms with Gasteiger partial charge in [-0.25, -0.2) is 4.98 Å². The van der Waals surface area contributed by atoms with E-state index in [9.17, 15) is 0 Å². The third-order valence-electron chi connectivity index (χ3n) is 2.86. The Kier molecular flexibility index (Phi) is 3.03. The number of anilines is 1. The van der Waals surface area contributed by atoms with Crippen LogP contribution in [-0.4, -0.2) is 17.1 Å². The van der Waals surface area contributed by atoms with E-state index >= 15 is 0 Å². The molecule has 96 valence electrons. The maximum Gasteiger partial charge on any atom is 0.141 e. The first-order valence-electron chi connectivity index (χ1n) is 5.91. The lowest BCUT2D eigenvalue weighted by Gasteiger charge is -2.15. The summed E-state index contributed by atoms with van der Waals surface area (Å²) in [6.45, 7) is 6.43. The highest BCUT2D eigenvalue weighted by Gasteiger charge is 2.18. The van der Waals surface area contributed by atoms with Crippen LogP contribution >= 0.6 is 0 Å². The average molecular weight is 245 g/mol. The molecule has 1 aromatic carbocycles. The summed E-state index contributed by atoms with van der Waals surface area (Å²) >= 11 is 0. The van der Waals surface area contributed by atoms with Gasteiger partial charge in [0.15, 0.2) is 0 Å². The summed E-state index contributed by atoms with van der Waals surface area (Å²) in [5, 5.41) is 0. The number of imidazole rings is 1. The largest absolute Gasteiger partial charge is 0.496 e. The fourth-order valence-corrected chi connectivity index (χ4v) is 1.74. The molecule has 0 fully saturated rings. The first-order chi connectivity index (χ1) is 8.41. The molecule has 0 saturated carbocycles. The molecule has 2 aromatic rings. The van der Waals surface area contributed by atoms with Gasteiger partial charge in [0.2, 0.25) is 0 Å². The van der Waals surface area contributed by atoms with Crippen LogP contribution < -0.4 is 10.5 Å². The molecule has 0 aliphatic heterocycles. The topological polar surface area (TPSA) is 63.9 Å². The predicted molar refractivity (Wildman–Crippen MR) is 73.7 cm³/mol. The summed E-state index contributed by atoms with van der Waals surface area (Å²) in [7, 11) is 1.63. The normalized spacial score (nSPS) is 11.6. The van der Waals surface area contributed by atoms with Gasteiger partial charge in [0.25, 0.3) is 0 Å². The zero-order valence-electron chi connectivity index (χ0n) is 11.2. The number of hydrogen-bond donors (Lipinski definition) is 2. The summed E-state index contributed by atoms with van der Waals surface area (Å²) < 4.78 is 5.34. The maximum absolute atomic E-state index is 5.74. The van der Waals surface area contributed by atoms with Crippen molar-refractivity contribution >= 4 is 5.69 Å². The number of methoxy groups -OCH3 is 1. The highest BCUT2D eigenvalue weighted by atomic mass is 16.5. The Labute approximate surface area is 107 Å². The molecular weight excluding hydrogens is 226 g/mol. The van der Waals surface area contributed by atoms with Crippen LogP contribution in [0.25, 0.3) is 11.4 Å². The van der Waals surface area contributed by atoms with Crippen LogP contribution in [0, 0.1) is 0 Å². The minimum Gasteiger partial charge on any atom is -0.496 e. The van der Waals surface area contributed by atoms with Crippen LogP contribution in [0.4, 0.5) is 5.69 Å². The third kappa shape index (κ3) is 2.32. The van der Waals surface area contributed by atoms with Crippen LogP contribution in [0.1, 0.15) is 26.5 Å². The molecule has 0 aliphatic carbocycles. The molecule has 0 aliphatic rings. The van der Waals surface area contributed by atoms with Crippen molar-refractivity contribution < 1.29 is 4.74 Å². The number of ether oxygens (including phenoxy) is 1. The van der Waals surface area contributed by atoms with Crippen LogP contribution in [0.15, 0.2) is 24.4 Å². The Morgan fingerprint density at radius 2 is 2.00 bits per heavy atom. The fourth-order valence-electron chi connectivity index (χ4n) is 1.74.